The fourth-order valence-corrected chi connectivity index (χ4v) is 3.70. The lowest BCUT2D eigenvalue weighted by Gasteiger charge is -2.32. The van der Waals surface area contributed by atoms with Gasteiger partial charge in [-0.05, 0) is 31.9 Å². The van der Waals surface area contributed by atoms with Crippen molar-refractivity contribution in [1.29, 1.82) is 0 Å². The second-order valence-electron chi connectivity index (χ2n) is 6.81. The normalized spacial score (nSPS) is 18.0. The molecule has 0 unspecified atom stereocenters. The molecule has 0 spiro atoms. The minimum absolute atomic E-state index is 0.0969. The van der Waals surface area contributed by atoms with E-state index in [-0.39, 0.29) is 18.2 Å². The molecule has 3 heterocycles. The predicted octanol–water partition coefficient (Wildman–Crippen LogP) is 2.82. The Morgan fingerprint density at radius 2 is 2.20 bits per heavy atom. The first-order chi connectivity index (χ1) is 12.1. The Hall–Kier alpha value is -2.63. The zero-order chi connectivity index (χ0) is 17.4. The largest absolute Gasteiger partial charge is 0.361 e. The Kier molecular flexibility index (Phi) is 4.03. The number of imidazole rings is 1. The maximum absolute atomic E-state index is 12.6. The molecule has 2 aromatic heterocycles. The molecule has 0 bridgehead atoms. The second kappa shape index (κ2) is 6.35. The Labute approximate surface area is 146 Å². The minimum Gasteiger partial charge on any atom is -0.361 e. The molecule has 1 saturated heterocycles. The number of aryl methyl sites for hydroxylation is 2. The number of hydrogen-bond donors (Lipinski definition) is 0. The molecule has 25 heavy (non-hydrogen) atoms. The lowest BCUT2D eigenvalue weighted by Crippen LogP contribution is -2.40. The number of benzene rings is 1. The number of para-hydroxylation sites is 2. The zero-order valence-corrected chi connectivity index (χ0v) is 14.6. The third-order valence-electron chi connectivity index (χ3n) is 4.96. The van der Waals surface area contributed by atoms with E-state index in [1.807, 2.05) is 36.1 Å². The van der Waals surface area contributed by atoms with Crippen molar-refractivity contribution in [3.05, 3.63) is 47.6 Å². The summed E-state index contributed by atoms with van der Waals surface area (Å²) in [5.41, 5.74) is 2.96. The average Bonchev–Trinajstić information content (AvgIpc) is 3.19. The molecule has 0 N–H and O–H groups in total. The van der Waals surface area contributed by atoms with Crippen LogP contribution in [0.5, 0.6) is 0 Å². The fourth-order valence-electron chi connectivity index (χ4n) is 3.70. The van der Waals surface area contributed by atoms with Crippen molar-refractivity contribution in [3.63, 3.8) is 0 Å². The van der Waals surface area contributed by atoms with Gasteiger partial charge in [0.1, 0.15) is 11.6 Å². The van der Waals surface area contributed by atoms with Crippen molar-refractivity contribution in [2.75, 3.05) is 13.1 Å². The summed E-state index contributed by atoms with van der Waals surface area (Å²) in [6, 6.07) is 9.99. The molecule has 6 heteroatoms. The number of aromatic nitrogens is 3. The van der Waals surface area contributed by atoms with Gasteiger partial charge in [-0.15, -0.1) is 0 Å². The lowest BCUT2D eigenvalue weighted by atomic mass is 9.96. The quantitative estimate of drug-likeness (QED) is 0.737. The van der Waals surface area contributed by atoms with Crippen LogP contribution in [0.2, 0.25) is 0 Å². The second-order valence-corrected chi connectivity index (χ2v) is 6.81. The summed E-state index contributed by atoms with van der Waals surface area (Å²) in [5, 5.41) is 3.85. The maximum Gasteiger partial charge on any atom is 0.230 e. The van der Waals surface area contributed by atoms with E-state index in [2.05, 4.69) is 22.8 Å². The first-order valence-corrected chi connectivity index (χ1v) is 8.73. The van der Waals surface area contributed by atoms with Crippen LogP contribution in [0, 0.1) is 6.92 Å². The van der Waals surface area contributed by atoms with E-state index in [1.165, 1.54) is 0 Å². The third-order valence-corrected chi connectivity index (χ3v) is 4.96. The molecule has 130 valence electrons. The van der Waals surface area contributed by atoms with Gasteiger partial charge in [0, 0.05) is 32.1 Å². The van der Waals surface area contributed by atoms with Crippen LogP contribution >= 0.6 is 0 Å². The van der Waals surface area contributed by atoms with Gasteiger partial charge in [0.25, 0.3) is 0 Å². The molecule has 0 radical (unpaired) electrons. The van der Waals surface area contributed by atoms with Crippen LogP contribution in [-0.4, -0.2) is 38.6 Å². The highest BCUT2D eigenvalue weighted by Gasteiger charge is 2.28. The van der Waals surface area contributed by atoms with Crippen molar-refractivity contribution in [1.82, 2.24) is 19.6 Å². The van der Waals surface area contributed by atoms with Crippen molar-refractivity contribution >= 4 is 16.9 Å². The smallest absolute Gasteiger partial charge is 0.230 e. The molecular weight excluding hydrogens is 316 g/mol. The van der Waals surface area contributed by atoms with Gasteiger partial charge in [-0.3, -0.25) is 4.79 Å². The highest BCUT2D eigenvalue weighted by Crippen LogP contribution is 2.29. The number of rotatable bonds is 3. The topological polar surface area (TPSA) is 64.2 Å². The molecule has 1 aliphatic rings. The SMILES string of the molecule is Cc1cc(CC(=O)N2CCC[C@H](c3nc4ccccc4n3C)C2)on1. The molecule has 1 amide bonds. The Morgan fingerprint density at radius 1 is 1.36 bits per heavy atom. The van der Waals surface area contributed by atoms with Gasteiger partial charge in [0.2, 0.25) is 5.91 Å². The first-order valence-electron chi connectivity index (χ1n) is 8.73. The third kappa shape index (κ3) is 3.04. The van der Waals surface area contributed by atoms with Gasteiger partial charge in [-0.2, -0.15) is 0 Å². The number of hydrogen-bond acceptors (Lipinski definition) is 4. The van der Waals surface area contributed by atoms with E-state index < -0.39 is 0 Å². The average molecular weight is 338 g/mol. The highest BCUT2D eigenvalue weighted by molar-refractivity contribution is 5.78. The Morgan fingerprint density at radius 3 is 2.96 bits per heavy atom. The summed E-state index contributed by atoms with van der Waals surface area (Å²) < 4.78 is 7.34. The summed E-state index contributed by atoms with van der Waals surface area (Å²) in [7, 11) is 2.06. The summed E-state index contributed by atoms with van der Waals surface area (Å²) >= 11 is 0. The van der Waals surface area contributed by atoms with E-state index >= 15 is 0 Å². The van der Waals surface area contributed by atoms with E-state index in [1.54, 1.807) is 0 Å². The number of fused-ring (bicyclic) bond motifs is 1. The maximum atomic E-state index is 12.6. The van der Waals surface area contributed by atoms with Crippen molar-refractivity contribution in [2.24, 2.45) is 7.05 Å². The van der Waals surface area contributed by atoms with Crippen LogP contribution in [0.3, 0.4) is 0 Å². The van der Waals surface area contributed by atoms with Crippen LogP contribution in [0.4, 0.5) is 0 Å². The van der Waals surface area contributed by atoms with Crippen LogP contribution in [0.25, 0.3) is 11.0 Å². The molecule has 1 atom stereocenters. The van der Waals surface area contributed by atoms with E-state index in [9.17, 15) is 4.79 Å². The summed E-state index contributed by atoms with van der Waals surface area (Å²) in [5.74, 6) is 2.06. The fraction of sp³-hybridized carbons (Fsp3) is 0.421. The number of carbonyl (C=O) groups excluding carboxylic acids is 1. The molecule has 1 fully saturated rings. The monoisotopic (exact) mass is 338 g/mol. The summed E-state index contributed by atoms with van der Waals surface area (Å²) in [6.07, 6.45) is 2.33. The van der Waals surface area contributed by atoms with Crippen molar-refractivity contribution < 1.29 is 9.32 Å². The summed E-state index contributed by atoms with van der Waals surface area (Å²) in [6.45, 7) is 3.37. The number of carbonyl (C=O) groups is 1. The Bertz CT molecular complexity index is 911. The molecule has 4 rings (SSSR count). The number of piperidine rings is 1. The van der Waals surface area contributed by atoms with E-state index in [0.717, 1.165) is 41.9 Å². The number of amides is 1. The molecule has 1 aromatic carbocycles. The van der Waals surface area contributed by atoms with Gasteiger partial charge >= 0.3 is 0 Å². The van der Waals surface area contributed by atoms with E-state index in [4.69, 9.17) is 9.51 Å². The first kappa shape index (κ1) is 15.9. The van der Waals surface area contributed by atoms with Crippen LogP contribution < -0.4 is 0 Å². The number of nitrogens with zero attached hydrogens (tertiary/aromatic N) is 4. The van der Waals surface area contributed by atoms with Crippen LogP contribution in [-0.2, 0) is 18.3 Å². The molecule has 3 aromatic rings. The van der Waals surface area contributed by atoms with Crippen LogP contribution in [0.15, 0.2) is 34.9 Å². The molecule has 6 nitrogen and oxygen atoms in total. The highest BCUT2D eigenvalue weighted by atomic mass is 16.5. The van der Waals surface area contributed by atoms with Crippen molar-refractivity contribution in [2.45, 2.75) is 32.1 Å². The summed E-state index contributed by atoms with van der Waals surface area (Å²) in [4.78, 5) is 19.4. The Balaban J connectivity index is 1.52. The van der Waals surface area contributed by atoms with Crippen LogP contribution in [0.1, 0.15) is 36.0 Å². The molecule has 0 saturated carbocycles. The molecule has 0 aliphatic carbocycles. The van der Waals surface area contributed by atoms with Gasteiger partial charge in [0.15, 0.2) is 0 Å². The molecule has 1 aliphatic heterocycles. The lowest BCUT2D eigenvalue weighted by molar-refractivity contribution is -0.132. The van der Waals surface area contributed by atoms with Crippen molar-refractivity contribution in [3.8, 4) is 0 Å². The van der Waals surface area contributed by atoms with Gasteiger partial charge in [-0.25, -0.2) is 4.98 Å². The van der Waals surface area contributed by atoms with Gasteiger partial charge < -0.3 is 14.0 Å². The van der Waals surface area contributed by atoms with E-state index in [0.29, 0.717) is 12.3 Å². The number of likely N-dealkylation sites (tertiary alicyclic amines) is 1. The molecular formula is C19H22N4O2. The standard InChI is InChI=1S/C19H22N4O2/c1-13-10-15(25-21-13)11-18(24)23-9-5-6-14(12-23)19-20-16-7-3-4-8-17(16)22(19)2/h3-4,7-8,10,14H,5-6,9,11-12H2,1-2H3/t14-/m0/s1. The van der Waals surface area contributed by atoms with Gasteiger partial charge in [0.05, 0.1) is 23.1 Å². The minimum atomic E-state index is 0.0969. The predicted molar refractivity (Wildman–Crippen MR) is 94.2 cm³/mol. The zero-order valence-electron chi connectivity index (χ0n) is 14.6. The van der Waals surface area contributed by atoms with Gasteiger partial charge in [-0.1, -0.05) is 17.3 Å².